The van der Waals surface area contributed by atoms with Gasteiger partial charge in [0.05, 0.1) is 17.1 Å². The number of anilines is 3. The molecule has 0 saturated heterocycles. The molecule has 0 bridgehead atoms. The summed E-state index contributed by atoms with van der Waals surface area (Å²) in [6.07, 6.45) is 3.87. The molecule has 0 radical (unpaired) electrons. The van der Waals surface area contributed by atoms with Gasteiger partial charge in [0.2, 0.25) is 5.91 Å². The number of carbonyl (C=O) groups is 2. The number of phenols is 1. The molecule has 0 fully saturated rings. The lowest BCUT2D eigenvalue weighted by molar-refractivity contribution is -0.111. The van der Waals surface area contributed by atoms with E-state index >= 15 is 0 Å². The van der Waals surface area contributed by atoms with Gasteiger partial charge in [0.15, 0.2) is 0 Å². The lowest BCUT2D eigenvalue weighted by atomic mass is 9.96. The average Bonchev–Trinajstić information content (AvgIpc) is 2.98. The Hall–Kier alpha value is -5.30. The second-order valence-corrected chi connectivity index (χ2v) is 9.67. The summed E-state index contributed by atoms with van der Waals surface area (Å²) in [7, 11) is 0. The Labute approximate surface area is 238 Å². The molecule has 7 heteroatoms. The van der Waals surface area contributed by atoms with E-state index in [4.69, 9.17) is 10.5 Å². The van der Waals surface area contributed by atoms with Crippen LogP contribution >= 0.6 is 0 Å². The number of nitrogens with one attached hydrogen (secondary N) is 2. The van der Waals surface area contributed by atoms with Crippen LogP contribution in [0, 0.1) is 0 Å². The Kier molecular flexibility index (Phi) is 8.45. The highest BCUT2D eigenvalue weighted by atomic mass is 16.6. The van der Waals surface area contributed by atoms with Crippen LogP contribution in [-0.4, -0.2) is 17.1 Å². The van der Waals surface area contributed by atoms with E-state index in [0.717, 1.165) is 21.7 Å². The van der Waals surface area contributed by atoms with Crippen molar-refractivity contribution in [1.29, 1.82) is 0 Å². The van der Waals surface area contributed by atoms with Gasteiger partial charge in [0, 0.05) is 16.3 Å². The molecule has 0 aliphatic heterocycles. The number of hydrogen-bond donors (Lipinski definition) is 4. The number of amides is 2. The molecule has 5 aromatic carbocycles. The van der Waals surface area contributed by atoms with Gasteiger partial charge in [-0.3, -0.25) is 10.1 Å². The quantitative estimate of drug-likeness (QED) is 0.0853. The van der Waals surface area contributed by atoms with E-state index in [0.29, 0.717) is 41.7 Å². The maximum atomic E-state index is 13.2. The summed E-state index contributed by atoms with van der Waals surface area (Å²) in [5, 5.41) is 19.5. The molecule has 0 saturated carbocycles. The summed E-state index contributed by atoms with van der Waals surface area (Å²) in [5.41, 5.74) is 8.42. The number of nitrogen functional groups attached to an aromatic ring is 1. The largest absolute Gasteiger partial charge is 0.507 e. The summed E-state index contributed by atoms with van der Waals surface area (Å²) >= 11 is 0. The van der Waals surface area contributed by atoms with Gasteiger partial charge in [-0.1, -0.05) is 84.9 Å². The Balaban J connectivity index is 1.30. The van der Waals surface area contributed by atoms with Gasteiger partial charge in [0.1, 0.15) is 11.9 Å². The zero-order valence-electron chi connectivity index (χ0n) is 22.4. The van der Waals surface area contributed by atoms with Gasteiger partial charge >= 0.3 is 6.09 Å². The zero-order chi connectivity index (χ0) is 28.6. The first-order valence-corrected chi connectivity index (χ1v) is 13.5. The van der Waals surface area contributed by atoms with Crippen LogP contribution in [0.3, 0.4) is 0 Å². The first kappa shape index (κ1) is 27.3. The molecule has 41 heavy (non-hydrogen) atoms. The predicted octanol–water partition coefficient (Wildman–Crippen LogP) is 7.94. The molecule has 7 nitrogen and oxygen atoms in total. The van der Waals surface area contributed by atoms with E-state index in [1.54, 1.807) is 42.5 Å². The molecule has 1 atom stereocenters. The molecule has 206 valence electrons. The van der Waals surface area contributed by atoms with Gasteiger partial charge in [0.25, 0.3) is 0 Å². The number of rotatable bonds is 9. The molecular weight excluding hydrogens is 514 g/mol. The molecule has 0 aromatic heterocycles. The molecule has 5 N–H and O–H groups in total. The minimum atomic E-state index is -0.582. The maximum Gasteiger partial charge on any atom is 0.412 e. The highest BCUT2D eigenvalue weighted by Gasteiger charge is 2.20. The Bertz CT molecular complexity index is 1730. The van der Waals surface area contributed by atoms with E-state index in [9.17, 15) is 14.7 Å². The van der Waals surface area contributed by atoms with Crippen molar-refractivity contribution >= 4 is 50.6 Å². The van der Waals surface area contributed by atoms with Crippen LogP contribution < -0.4 is 16.4 Å². The molecule has 0 spiro atoms. The van der Waals surface area contributed by atoms with Crippen LogP contribution in [0.4, 0.5) is 21.9 Å². The van der Waals surface area contributed by atoms with E-state index in [2.05, 4.69) is 10.6 Å². The number of allylic oxidation sites excluding steroid dienone is 1. The summed E-state index contributed by atoms with van der Waals surface area (Å²) < 4.78 is 6.01. The number of unbranched alkanes of at least 4 members (excludes halogenated alkanes) is 1. The van der Waals surface area contributed by atoms with Crippen molar-refractivity contribution in [3.8, 4) is 5.75 Å². The van der Waals surface area contributed by atoms with E-state index < -0.39 is 12.2 Å². The molecule has 5 rings (SSSR count). The number of hydrogen-bond acceptors (Lipinski definition) is 5. The Morgan fingerprint density at radius 2 is 1.46 bits per heavy atom. The fraction of sp³-hybridized carbons (Fsp3) is 0.118. The molecule has 5 aromatic rings. The maximum absolute atomic E-state index is 13.2. The van der Waals surface area contributed by atoms with E-state index in [-0.39, 0.29) is 11.7 Å². The number of aromatic hydroxyl groups is 1. The molecule has 0 aliphatic carbocycles. The van der Waals surface area contributed by atoms with Crippen LogP contribution in [0.2, 0.25) is 0 Å². The molecular formula is C34H31N3O4. The topological polar surface area (TPSA) is 114 Å². The van der Waals surface area contributed by atoms with Gasteiger partial charge in [-0.15, -0.1) is 0 Å². The number of fused-ring (bicyclic) bond motifs is 2. The van der Waals surface area contributed by atoms with Gasteiger partial charge < -0.3 is 20.9 Å². The standard InChI is InChI=1S/C34H31N3O4/c35-28-16-8-9-17-30(28)36-33(39)20-3-1-2-19-32(27-21-22-31(38)26-15-7-6-14-25(26)27)41-34(40)37-29-18-10-12-23-11-4-5-13-24(23)29/h3-18,20-22,32,38H,1-2,19,35H2,(H,36,39)(H,37,40)/b20-3+/t32-/m1/s1. The number of phenolic OH excluding ortho intramolecular Hbond substituents is 1. The summed E-state index contributed by atoms with van der Waals surface area (Å²) in [5.74, 6) is -0.106. The zero-order valence-corrected chi connectivity index (χ0v) is 22.4. The predicted molar refractivity (Wildman–Crippen MR) is 165 cm³/mol. The lowest BCUT2D eigenvalue weighted by Gasteiger charge is -2.21. The van der Waals surface area contributed by atoms with E-state index in [1.165, 1.54) is 6.08 Å². The fourth-order valence-electron chi connectivity index (χ4n) is 4.86. The molecule has 2 amide bonds. The van der Waals surface area contributed by atoms with Crippen molar-refractivity contribution in [3.63, 3.8) is 0 Å². The van der Waals surface area contributed by atoms with Gasteiger partial charge in [-0.05, 0) is 60.4 Å². The smallest absolute Gasteiger partial charge is 0.412 e. The molecule has 0 heterocycles. The number of ether oxygens (including phenoxy) is 1. The van der Waals surface area contributed by atoms with Crippen LogP contribution in [0.1, 0.15) is 30.9 Å². The van der Waals surface area contributed by atoms with Crippen molar-refractivity contribution < 1.29 is 19.4 Å². The third-order valence-electron chi connectivity index (χ3n) is 6.88. The monoisotopic (exact) mass is 545 g/mol. The number of nitrogens with two attached hydrogens (primary N) is 1. The third kappa shape index (κ3) is 6.65. The van der Waals surface area contributed by atoms with Crippen molar-refractivity contribution in [2.24, 2.45) is 0 Å². The normalized spacial score (nSPS) is 11.9. The third-order valence-corrected chi connectivity index (χ3v) is 6.88. The number of para-hydroxylation sites is 2. The second-order valence-electron chi connectivity index (χ2n) is 9.67. The molecule has 0 unspecified atom stereocenters. The Morgan fingerprint density at radius 3 is 2.29 bits per heavy atom. The summed E-state index contributed by atoms with van der Waals surface area (Å²) in [6.45, 7) is 0. The highest BCUT2D eigenvalue weighted by Crippen LogP contribution is 2.35. The van der Waals surface area contributed by atoms with Crippen molar-refractivity contribution in [1.82, 2.24) is 0 Å². The summed E-state index contributed by atoms with van der Waals surface area (Å²) in [4.78, 5) is 25.5. The minimum absolute atomic E-state index is 0.163. The Morgan fingerprint density at radius 1 is 0.780 bits per heavy atom. The van der Waals surface area contributed by atoms with Crippen molar-refractivity contribution in [3.05, 3.63) is 121 Å². The minimum Gasteiger partial charge on any atom is -0.507 e. The van der Waals surface area contributed by atoms with Crippen molar-refractivity contribution in [2.75, 3.05) is 16.4 Å². The number of carbonyl (C=O) groups excluding carboxylic acids is 2. The van der Waals surface area contributed by atoms with E-state index in [1.807, 2.05) is 66.7 Å². The lowest BCUT2D eigenvalue weighted by Crippen LogP contribution is -2.18. The SMILES string of the molecule is Nc1ccccc1NC(=O)/C=C/CCC[C@@H](OC(=O)Nc1cccc2ccccc12)c1ccc(O)c2ccccc12. The van der Waals surface area contributed by atoms with Crippen LogP contribution in [0.15, 0.2) is 115 Å². The van der Waals surface area contributed by atoms with Gasteiger partial charge in [-0.2, -0.15) is 0 Å². The van der Waals surface area contributed by atoms with Crippen LogP contribution in [-0.2, 0) is 9.53 Å². The average molecular weight is 546 g/mol. The molecule has 0 aliphatic rings. The fourth-order valence-corrected chi connectivity index (χ4v) is 4.86. The summed E-state index contributed by atoms with van der Waals surface area (Å²) in [6, 6.07) is 31.5. The van der Waals surface area contributed by atoms with Crippen molar-refractivity contribution in [2.45, 2.75) is 25.4 Å². The van der Waals surface area contributed by atoms with Crippen LogP contribution in [0.25, 0.3) is 21.5 Å². The van der Waals surface area contributed by atoms with Gasteiger partial charge in [-0.25, -0.2) is 4.79 Å². The number of benzene rings is 5. The first-order chi connectivity index (χ1) is 20.0. The van der Waals surface area contributed by atoms with Crippen LogP contribution in [0.5, 0.6) is 5.75 Å². The second kappa shape index (κ2) is 12.7. The highest BCUT2D eigenvalue weighted by molar-refractivity contribution is 6.01. The first-order valence-electron chi connectivity index (χ1n) is 13.5.